The molecule has 0 fully saturated rings. The zero-order valence-corrected chi connectivity index (χ0v) is 25.7. The summed E-state index contributed by atoms with van der Waals surface area (Å²) in [7, 11) is 0. The maximum Gasteiger partial charge on any atom is 0.149 e. The molecule has 2 aromatic heterocycles. The highest BCUT2D eigenvalue weighted by atomic mass is 16.3. The van der Waals surface area contributed by atoms with Gasteiger partial charge in [-0.25, -0.2) is 4.98 Å². The lowest BCUT2D eigenvalue weighted by Crippen LogP contribution is -2.14. The quantitative estimate of drug-likeness (QED) is 0.214. The van der Waals surface area contributed by atoms with Crippen LogP contribution in [0.1, 0.15) is 75.6 Å². The van der Waals surface area contributed by atoms with Crippen LogP contribution in [0.4, 0.5) is 0 Å². The lowest BCUT2D eigenvalue weighted by Gasteiger charge is -2.22. The second kappa shape index (κ2) is 9.18. The summed E-state index contributed by atoms with van der Waals surface area (Å²) >= 11 is 0. The minimum absolute atomic E-state index is 0.0797. The van der Waals surface area contributed by atoms with Crippen LogP contribution in [0.2, 0.25) is 0 Å². The molecular weight excluding hydrogens is 524 g/mol. The molecule has 212 valence electrons. The zero-order valence-electron chi connectivity index (χ0n) is 25.7. The molecule has 0 N–H and O–H groups in total. The number of nitrogens with zero attached hydrogens (tertiary/aromatic N) is 2. The van der Waals surface area contributed by atoms with Gasteiger partial charge in [0.15, 0.2) is 0 Å². The van der Waals surface area contributed by atoms with Crippen molar-refractivity contribution in [2.24, 2.45) is 0 Å². The summed E-state index contributed by atoms with van der Waals surface area (Å²) in [5, 5.41) is 2.27. The van der Waals surface area contributed by atoms with E-state index in [1.807, 2.05) is 0 Å². The van der Waals surface area contributed by atoms with Crippen LogP contribution in [0.15, 0.2) is 101 Å². The lowest BCUT2D eigenvalue weighted by atomic mass is 9.82. The molecule has 0 saturated heterocycles. The molecule has 0 radical (unpaired) electrons. The Hall–Kier alpha value is -4.63. The number of aromatic nitrogens is 2. The molecule has 2 heterocycles. The monoisotopic (exact) mass is 560 g/mol. The fraction of sp³-hybridized carbons (Fsp3) is 0.225. The van der Waals surface area contributed by atoms with Crippen LogP contribution in [0.5, 0.6) is 0 Å². The van der Waals surface area contributed by atoms with Crippen LogP contribution >= 0.6 is 0 Å². The Bertz CT molecular complexity index is 2200. The number of imidazole rings is 1. The minimum Gasteiger partial charge on any atom is -0.455 e. The SMILES string of the molecule is CC(C)c1cccc(C(C)C)c1-n1c(-c2cccc3c2oc2c4c(ccc23)C(C)(C)c2ccccc2-4)nc2ccccc21. The molecule has 0 unspecified atom stereocenters. The van der Waals surface area contributed by atoms with Gasteiger partial charge in [-0.2, -0.15) is 0 Å². The molecule has 43 heavy (non-hydrogen) atoms. The first-order valence-corrected chi connectivity index (χ1v) is 15.5. The van der Waals surface area contributed by atoms with Gasteiger partial charge < -0.3 is 4.42 Å². The molecule has 0 amide bonds. The molecule has 7 aromatic rings. The molecule has 0 aliphatic heterocycles. The van der Waals surface area contributed by atoms with Crippen molar-refractivity contribution in [3.63, 3.8) is 0 Å². The first kappa shape index (κ1) is 26.0. The number of hydrogen-bond donors (Lipinski definition) is 0. The van der Waals surface area contributed by atoms with Gasteiger partial charge in [0.25, 0.3) is 0 Å². The molecule has 0 atom stereocenters. The maximum atomic E-state index is 7.02. The summed E-state index contributed by atoms with van der Waals surface area (Å²) in [4.78, 5) is 5.31. The Kier molecular flexibility index (Phi) is 5.56. The first-order chi connectivity index (χ1) is 20.8. The summed E-state index contributed by atoms with van der Waals surface area (Å²) in [6.07, 6.45) is 0. The van der Waals surface area contributed by atoms with Crippen molar-refractivity contribution in [3.8, 4) is 28.2 Å². The van der Waals surface area contributed by atoms with E-state index in [1.165, 1.54) is 39.1 Å². The third-order valence-corrected chi connectivity index (χ3v) is 9.58. The van der Waals surface area contributed by atoms with Crippen molar-refractivity contribution < 1.29 is 4.42 Å². The number of benzene rings is 5. The van der Waals surface area contributed by atoms with E-state index in [9.17, 15) is 0 Å². The lowest BCUT2D eigenvalue weighted by molar-refractivity contribution is 0.653. The van der Waals surface area contributed by atoms with Crippen LogP contribution in [0, 0.1) is 0 Å². The molecule has 0 spiro atoms. The largest absolute Gasteiger partial charge is 0.455 e. The maximum absolute atomic E-state index is 7.02. The highest BCUT2D eigenvalue weighted by Crippen LogP contribution is 2.53. The molecule has 1 aliphatic rings. The van der Waals surface area contributed by atoms with Gasteiger partial charge in [-0.1, -0.05) is 120 Å². The number of rotatable bonds is 4. The Balaban J connectivity index is 1.48. The number of para-hydroxylation sites is 4. The molecule has 8 rings (SSSR count). The highest BCUT2D eigenvalue weighted by Gasteiger charge is 2.37. The second-order valence-corrected chi connectivity index (χ2v) is 13.2. The van der Waals surface area contributed by atoms with Crippen LogP contribution in [-0.2, 0) is 5.41 Å². The average Bonchev–Trinajstić information content (AvgIpc) is 3.65. The van der Waals surface area contributed by atoms with E-state index >= 15 is 0 Å². The van der Waals surface area contributed by atoms with Gasteiger partial charge >= 0.3 is 0 Å². The fourth-order valence-electron chi connectivity index (χ4n) is 7.42. The van der Waals surface area contributed by atoms with E-state index in [0.29, 0.717) is 11.8 Å². The molecule has 1 aliphatic carbocycles. The van der Waals surface area contributed by atoms with Gasteiger partial charge in [0.2, 0.25) is 0 Å². The molecule has 5 aromatic carbocycles. The van der Waals surface area contributed by atoms with E-state index < -0.39 is 0 Å². The number of fused-ring (bicyclic) bond motifs is 8. The highest BCUT2D eigenvalue weighted by molar-refractivity contribution is 6.14. The van der Waals surface area contributed by atoms with Crippen molar-refractivity contribution >= 4 is 33.0 Å². The van der Waals surface area contributed by atoms with Gasteiger partial charge in [-0.15, -0.1) is 0 Å². The smallest absolute Gasteiger partial charge is 0.149 e. The van der Waals surface area contributed by atoms with Crippen molar-refractivity contribution in [2.45, 2.75) is 58.8 Å². The van der Waals surface area contributed by atoms with E-state index in [4.69, 9.17) is 9.40 Å². The summed E-state index contributed by atoms with van der Waals surface area (Å²) in [5.41, 5.74) is 13.9. The van der Waals surface area contributed by atoms with Crippen molar-refractivity contribution in [3.05, 3.63) is 119 Å². The topological polar surface area (TPSA) is 31.0 Å². The van der Waals surface area contributed by atoms with Crippen molar-refractivity contribution in [2.75, 3.05) is 0 Å². The number of furan rings is 1. The Morgan fingerprint density at radius 3 is 2.05 bits per heavy atom. The van der Waals surface area contributed by atoms with Gasteiger partial charge in [0, 0.05) is 21.8 Å². The molecular formula is C40H36N2O. The second-order valence-electron chi connectivity index (χ2n) is 13.2. The van der Waals surface area contributed by atoms with Gasteiger partial charge in [0.1, 0.15) is 17.0 Å². The average molecular weight is 561 g/mol. The molecule has 0 bridgehead atoms. The number of hydrogen-bond acceptors (Lipinski definition) is 2. The van der Waals surface area contributed by atoms with Gasteiger partial charge in [-0.05, 0) is 57.9 Å². The fourth-order valence-corrected chi connectivity index (χ4v) is 7.42. The van der Waals surface area contributed by atoms with Crippen molar-refractivity contribution in [1.82, 2.24) is 9.55 Å². The van der Waals surface area contributed by atoms with E-state index in [-0.39, 0.29) is 5.41 Å². The van der Waals surface area contributed by atoms with E-state index in [0.717, 1.165) is 44.4 Å². The Morgan fingerprint density at radius 2 is 1.28 bits per heavy atom. The van der Waals surface area contributed by atoms with Crippen LogP contribution < -0.4 is 0 Å². The van der Waals surface area contributed by atoms with Gasteiger partial charge in [0.05, 0.1) is 22.3 Å². The zero-order chi connectivity index (χ0) is 29.6. The standard InChI is InChI=1S/C40H36N2O/c1-23(2)25-14-11-15-26(24(3)4)36(25)42-34-20-10-9-19-33(34)41-39(42)30-17-12-16-27-28-21-22-32-35(38(28)43-37(27)30)29-13-7-8-18-31(29)40(32,5)6/h7-24H,1-6H3. The van der Waals surface area contributed by atoms with E-state index in [1.54, 1.807) is 0 Å². The summed E-state index contributed by atoms with van der Waals surface area (Å²) in [6.45, 7) is 13.8. The first-order valence-electron chi connectivity index (χ1n) is 15.5. The van der Waals surface area contributed by atoms with Crippen LogP contribution in [0.25, 0.3) is 61.2 Å². The molecule has 0 saturated carbocycles. The van der Waals surface area contributed by atoms with E-state index in [2.05, 4.69) is 143 Å². The molecule has 3 nitrogen and oxygen atoms in total. The predicted molar refractivity (Wildman–Crippen MR) is 180 cm³/mol. The molecule has 3 heteroatoms. The van der Waals surface area contributed by atoms with Gasteiger partial charge in [-0.3, -0.25) is 4.57 Å². The summed E-state index contributed by atoms with van der Waals surface area (Å²) in [5.74, 6) is 1.63. The van der Waals surface area contributed by atoms with Crippen molar-refractivity contribution in [1.29, 1.82) is 0 Å². The summed E-state index contributed by atoms with van der Waals surface area (Å²) < 4.78 is 9.41. The Morgan fingerprint density at radius 1 is 0.628 bits per heavy atom. The normalized spacial score (nSPS) is 14.0. The third-order valence-electron chi connectivity index (χ3n) is 9.58. The van der Waals surface area contributed by atoms with Crippen LogP contribution in [0.3, 0.4) is 0 Å². The third kappa shape index (κ3) is 3.57. The van der Waals surface area contributed by atoms with Crippen LogP contribution in [-0.4, -0.2) is 9.55 Å². The summed E-state index contributed by atoms with van der Waals surface area (Å²) in [6, 6.07) is 35.1. The Labute approximate surface area is 252 Å². The predicted octanol–water partition coefficient (Wildman–Crippen LogP) is 11.1. The minimum atomic E-state index is -0.0797.